The van der Waals surface area contributed by atoms with Gasteiger partial charge in [0, 0.05) is 6.07 Å². The Kier molecular flexibility index (Phi) is 9.09. The predicted octanol–water partition coefficient (Wildman–Crippen LogP) is 6.47. The highest BCUT2D eigenvalue weighted by molar-refractivity contribution is 7.94. The average Bonchev–Trinajstić information content (AvgIpc) is 3.60. The van der Waals surface area contributed by atoms with Crippen molar-refractivity contribution in [3.63, 3.8) is 0 Å². The third-order valence-corrected chi connectivity index (χ3v) is 7.47. The molecular weight excluding hydrogens is 462 g/mol. The molecule has 1 aliphatic carbocycles. The summed E-state index contributed by atoms with van der Waals surface area (Å²) in [6, 6.07) is 5.60. The fourth-order valence-electron chi connectivity index (χ4n) is 3.32. The number of sulfonamides is 1. The summed E-state index contributed by atoms with van der Waals surface area (Å²) in [7, 11) is -2.68. The summed E-state index contributed by atoms with van der Waals surface area (Å²) >= 11 is 0. The molecule has 3 rings (SSSR count). The number of halogens is 2. The fraction of sp³-hybridized carbons (Fsp3) is 0.360. The Balaban J connectivity index is 0.00000199. The van der Waals surface area contributed by atoms with Crippen LogP contribution in [0, 0.1) is 18.6 Å². The van der Waals surface area contributed by atoms with E-state index in [4.69, 9.17) is 9.47 Å². The van der Waals surface area contributed by atoms with Gasteiger partial charge in [-0.25, -0.2) is 17.2 Å². The topological polar surface area (TPSA) is 76.7 Å². The van der Waals surface area contributed by atoms with Gasteiger partial charge in [-0.2, -0.15) is 0 Å². The Hall–Kier alpha value is -3.07. The lowest BCUT2D eigenvalue weighted by molar-refractivity contribution is 0.353. The first-order valence-electron chi connectivity index (χ1n) is 11.0. The number of hydrogen-bond acceptors (Lipinski definition) is 5. The van der Waals surface area contributed by atoms with E-state index in [-0.39, 0.29) is 41.6 Å². The molecule has 2 aromatic rings. The smallest absolute Gasteiger partial charge is 0.238 e. The highest BCUT2D eigenvalue weighted by Crippen LogP contribution is 2.50. The van der Waals surface area contributed by atoms with Gasteiger partial charge in [0.15, 0.2) is 11.6 Å². The lowest BCUT2D eigenvalue weighted by atomic mass is 10.2. The molecule has 0 radical (unpaired) electrons. The van der Waals surface area contributed by atoms with Crippen LogP contribution in [0.1, 0.15) is 38.7 Å². The first-order chi connectivity index (χ1) is 16.2. The van der Waals surface area contributed by atoms with Gasteiger partial charge in [-0.1, -0.05) is 38.6 Å². The standard InChI is InChI=1S/C23H26F2N2O4S.C2H6/c1-5-9-23(10-11-23)32(28,29)27-21-19(31-12-6-2)14-18(30-4)20(25)22(21)26-17-8-7-15(3)13-16(17)24;1-2/h5-8,13-14,26-27H,1-2,9-12H2,3-4H3;1-2H3. The summed E-state index contributed by atoms with van der Waals surface area (Å²) in [4.78, 5) is 0. The highest BCUT2D eigenvalue weighted by atomic mass is 32.2. The number of anilines is 3. The molecular formula is C25H32F2N2O4S. The molecule has 0 amide bonds. The van der Waals surface area contributed by atoms with Gasteiger partial charge in [0.25, 0.3) is 0 Å². The van der Waals surface area contributed by atoms with Crippen molar-refractivity contribution in [2.45, 2.75) is 44.8 Å². The molecule has 1 fully saturated rings. The van der Waals surface area contributed by atoms with Crippen LogP contribution in [-0.4, -0.2) is 26.9 Å². The molecule has 0 aliphatic heterocycles. The van der Waals surface area contributed by atoms with Crippen molar-refractivity contribution in [1.29, 1.82) is 0 Å². The van der Waals surface area contributed by atoms with E-state index in [0.29, 0.717) is 18.4 Å². The van der Waals surface area contributed by atoms with Crippen LogP contribution in [0.4, 0.5) is 25.8 Å². The molecule has 0 unspecified atom stereocenters. The number of nitrogens with one attached hydrogen (secondary N) is 2. The van der Waals surface area contributed by atoms with Crippen LogP contribution in [0.2, 0.25) is 0 Å². The number of ether oxygens (including phenoxy) is 2. The molecule has 0 heterocycles. The highest BCUT2D eigenvalue weighted by Gasteiger charge is 2.54. The normalized spacial score (nSPS) is 13.7. The Morgan fingerprint density at radius 3 is 2.29 bits per heavy atom. The molecule has 2 aromatic carbocycles. The van der Waals surface area contributed by atoms with Crippen molar-refractivity contribution in [3.8, 4) is 11.5 Å². The monoisotopic (exact) mass is 494 g/mol. The van der Waals surface area contributed by atoms with E-state index in [1.165, 1.54) is 37.5 Å². The molecule has 1 saturated carbocycles. The Morgan fingerprint density at radius 1 is 1.09 bits per heavy atom. The third kappa shape index (κ3) is 5.70. The van der Waals surface area contributed by atoms with Crippen LogP contribution in [0.15, 0.2) is 49.6 Å². The van der Waals surface area contributed by atoms with Crippen LogP contribution in [0.3, 0.4) is 0 Å². The largest absolute Gasteiger partial charge is 0.493 e. The van der Waals surface area contributed by atoms with Gasteiger partial charge >= 0.3 is 0 Å². The molecule has 6 nitrogen and oxygen atoms in total. The van der Waals surface area contributed by atoms with Crippen LogP contribution in [0.5, 0.6) is 11.5 Å². The Bertz CT molecular complexity index is 1150. The maximum atomic E-state index is 15.3. The lowest BCUT2D eigenvalue weighted by Gasteiger charge is -2.23. The van der Waals surface area contributed by atoms with E-state index in [1.807, 2.05) is 13.8 Å². The number of methoxy groups -OCH3 is 1. The summed E-state index contributed by atoms with van der Waals surface area (Å²) < 4.78 is 68.4. The van der Waals surface area contributed by atoms with E-state index in [2.05, 4.69) is 23.2 Å². The molecule has 0 bridgehead atoms. The SMILES string of the molecule is C=CCOc1cc(OC)c(F)c(Nc2ccc(C)cc2F)c1NS(=O)(=O)C1(CC=C)CC1.CC. The van der Waals surface area contributed by atoms with Crippen LogP contribution < -0.4 is 19.5 Å². The van der Waals surface area contributed by atoms with E-state index < -0.39 is 26.4 Å². The zero-order chi connectivity index (χ0) is 25.5. The zero-order valence-corrected chi connectivity index (χ0v) is 20.8. The fourth-order valence-corrected chi connectivity index (χ4v) is 4.99. The van der Waals surface area contributed by atoms with Crippen LogP contribution in [0.25, 0.3) is 0 Å². The zero-order valence-electron chi connectivity index (χ0n) is 20.0. The number of hydrogen-bond donors (Lipinski definition) is 2. The van der Waals surface area contributed by atoms with Gasteiger partial charge in [-0.05, 0) is 43.9 Å². The van der Waals surface area contributed by atoms with Crippen molar-refractivity contribution in [3.05, 3.63) is 66.8 Å². The van der Waals surface area contributed by atoms with Crippen LogP contribution in [-0.2, 0) is 10.0 Å². The molecule has 34 heavy (non-hydrogen) atoms. The lowest BCUT2D eigenvalue weighted by Crippen LogP contribution is -2.30. The Labute approximate surface area is 200 Å². The van der Waals surface area contributed by atoms with Gasteiger partial charge in [-0.15, -0.1) is 6.58 Å². The average molecular weight is 495 g/mol. The number of aryl methyl sites for hydroxylation is 1. The second-order valence-electron chi connectivity index (χ2n) is 7.63. The van der Waals surface area contributed by atoms with Crippen molar-refractivity contribution < 1.29 is 26.7 Å². The molecule has 0 spiro atoms. The summed E-state index contributed by atoms with van der Waals surface area (Å²) in [6.45, 7) is 13.0. The number of benzene rings is 2. The van der Waals surface area contributed by atoms with Crippen molar-refractivity contribution in [2.24, 2.45) is 0 Å². The maximum absolute atomic E-state index is 15.3. The van der Waals surface area contributed by atoms with E-state index >= 15 is 4.39 Å². The summed E-state index contributed by atoms with van der Waals surface area (Å²) in [5, 5.41) is 2.67. The van der Waals surface area contributed by atoms with Gasteiger partial charge in [-0.3, -0.25) is 4.72 Å². The van der Waals surface area contributed by atoms with E-state index in [9.17, 15) is 12.8 Å². The van der Waals surface area contributed by atoms with Crippen molar-refractivity contribution in [1.82, 2.24) is 0 Å². The first-order valence-corrected chi connectivity index (χ1v) is 12.5. The predicted molar refractivity (Wildman–Crippen MR) is 134 cm³/mol. The molecule has 0 aromatic heterocycles. The minimum Gasteiger partial charge on any atom is -0.493 e. The minimum absolute atomic E-state index is 0.0103. The molecule has 1 aliphatic rings. The number of allylic oxidation sites excluding steroid dienone is 1. The Morgan fingerprint density at radius 2 is 1.76 bits per heavy atom. The quantitative estimate of drug-likeness (QED) is 0.350. The van der Waals surface area contributed by atoms with Crippen molar-refractivity contribution in [2.75, 3.05) is 23.8 Å². The van der Waals surface area contributed by atoms with E-state index in [0.717, 1.165) is 0 Å². The summed E-state index contributed by atoms with van der Waals surface area (Å²) in [5.41, 5.74) is 0.143. The first kappa shape index (κ1) is 27.2. The molecule has 9 heteroatoms. The van der Waals surface area contributed by atoms with Crippen molar-refractivity contribution >= 4 is 27.1 Å². The second kappa shape index (κ2) is 11.4. The molecule has 0 saturated heterocycles. The minimum atomic E-state index is -3.95. The maximum Gasteiger partial charge on any atom is 0.238 e. The third-order valence-electron chi connectivity index (χ3n) is 5.29. The van der Waals surface area contributed by atoms with Gasteiger partial charge in [0.2, 0.25) is 10.0 Å². The summed E-state index contributed by atoms with van der Waals surface area (Å²) in [5.74, 6) is -1.71. The van der Waals surface area contributed by atoms with Gasteiger partial charge < -0.3 is 14.8 Å². The second-order valence-corrected chi connectivity index (χ2v) is 9.71. The molecule has 0 atom stereocenters. The van der Waals surface area contributed by atoms with Gasteiger partial charge in [0.05, 0.1) is 17.5 Å². The molecule has 2 N–H and O–H groups in total. The number of rotatable bonds is 11. The summed E-state index contributed by atoms with van der Waals surface area (Å²) in [6.07, 6.45) is 4.15. The van der Waals surface area contributed by atoms with E-state index in [1.54, 1.807) is 13.0 Å². The van der Waals surface area contributed by atoms with Crippen LogP contribution >= 0.6 is 0 Å². The van der Waals surface area contributed by atoms with Gasteiger partial charge in [0.1, 0.15) is 29.5 Å². The molecule has 186 valence electrons.